The Labute approximate surface area is 225 Å². The summed E-state index contributed by atoms with van der Waals surface area (Å²) < 4.78 is 35.0. The SMILES string of the molecule is COC(=O)N1CC2=C(Cl)C=CC(C2)Nc2nc(-n3nc(Cc4ccccc4F)c4ncc(F)cc43)nc(N)c21. The van der Waals surface area contributed by atoms with Gasteiger partial charge in [-0.15, -0.1) is 0 Å². The van der Waals surface area contributed by atoms with E-state index in [-0.39, 0.29) is 47.8 Å². The number of carbonyl (C=O) groups is 1. The number of allylic oxidation sites excluding steroid dienone is 2. The van der Waals surface area contributed by atoms with Crippen LogP contribution in [0.3, 0.4) is 0 Å². The van der Waals surface area contributed by atoms with Gasteiger partial charge in [-0.25, -0.2) is 18.6 Å². The minimum Gasteiger partial charge on any atom is -0.452 e. The molecule has 1 aliphatic carbocycles. The Morgan fingerprint density at radius 3 is 2.90 bits per heavy atom. The zero-order chi connectivity index (χ0) is 27.3. The first-order valence-electron chi connectivity index (χ1n) is 11.9. The summed E-state index contributed by atoms with van der Waals surface area (Å²) in [4.78, 5) is 27.3. The van der Waals surface area contributed by atoms with Gasteiger partial charge in [-0.3, -0.25) is 4.90 Å². The van der Waals surface area contributed by atoms with Gasteiger partial charge in [0.25, 0.3) is 5.95 Å². The second-order valence-corrected chi connectivity index (χ2v) is 9.48. The molecular formula is C26H21ClF2N8O2. The first kappa shape index (κ1) is 24.7. The van der Waals surface area contributed by atoms with Crippen LogP contribution in [0.2, 0.25) is 0 Å². The number of fused-ring (bicyclic) bond motifs is 4. The Kier molecular flexibility index (Phi) is 6.10. The van der Waals surface area contributed by atoms with Crippen LogP contribution in [0.25, 0.3) is 17.0 Å². The van der Waals surface area contributed by atoms with Gasteiger partial charge in [-0.05, 0) is 29.7 Å². The molecule has 1 aromatic carbocycles. The largest absolute Gasteiger partial charge is 0.452 e. The maximum atomic E-state index is 14.4. The number of nitrogens with two attached hydrogens (primary N) is 1. The molecular weight excluding hydrogens is 530 g/mol. The van der Waals surface area contributed by atoms with Crippen molar-refractivity contribution in [2.75, 3.05) is 29.6 Å². The third-order valence-electron chi connectivity index (χ3n) is 6.58. The quantitative estimate of drug-likeness (QED) is 0.382. The van der Waals surface area contributed by atoms with E-state index >= 15 is 0 Å². The van der Waals surface area contributed by atoms with Gasteiger partial charge in [0.05, 0.1) is 37.1 Å². The van der Waals surface area contributed by atoms with E-state index in [9.17, 15) is 13.6 Å². The molecule has 1 amide bonds. The molecule has 2 bridgehead atoms. The first-order valence-corrected chi connectivity index (χ1v) is 12.3. The molecule has 10 nitrogen and oxygen atoms in total. The average molecular weight is 551 g/mol. The fraction of sp³-hybridized carbons (Fsp3) is 0.192. The third kappa shape index (κ3) is 4.42. The van der Waals surface area contributed by atoms with Gasteiger partial charge in [-0.2, -0.15) is 19.7 Å². The summed E-state index contributed by atoms with van der Waals surface area (Å²) in [6, 6.07) is 7.36. The van der Waals surface area contributed by atoms with Crippen molar-refractivity contribution in [2.24, 2.45) is 0 Å². The van der Waals surface area contributed by atoms with Crippen molar-refractivity contribution in [3.05, 3.63) is 82.2 Å². The third-order valence-corrected chi connectivity index (χ3v) is 6.97. The topological polar surface area (TPSA) is 124 Å². The average Bonchev–Trinajstić information content (AvgIpc) is 3.26. The van der Waals surface area contributed by atoms with Crippen molar-refractivity contribution >= 4 is 46.1 Å². The highest BCUT2D eigenvalue weighted by Crippen LogP contribution is 2.38. The molecule has 4 heterocycles. The van der Waals surface area contributed by atoms with Crippen LogP contribution in [0.5, 0.6) is 0 Å². The Morgan fingerprint density at radius 2 is 2.10 bits per heavy atom. The molecule has 0 radical (unpaired) electrons. The van der Waals surface area contributed by atoms with Gasteiger partial charge in [0.2, 0.25) is 0 Å². The minimum atomic E-state index is -0.672. The van der Waals surface area contributed by atoms with E-state index in [1.807, 2.05) is 6.08 Å². The van der Waals surface area contributed by atoms with Crippen LogP contribution < -0.4 is 16.0 Å². The molecule has 6 rings (SSSR count). The lowest BCUT2D eigenvalue weighted by atomic mass is 9.98. The van der Waals surface area contributed by atoms with Crippen molar-refractivity contribution < 1.29 is 18.3 Å². The predicted octanol–water partition coefficient (Wildman–Crippen LogP) is 4.48. The molecule has 3 N–H and O–H groups in total. The van der Waals surface area contributed by atoms with E-state index in [1.54, 1.807) is 24.3 Å². The maximum absolute atomic E-state index is 14.4. The highest BCUT2D eigenvalue weighted by atomic mass is 35.5. The van der Waals surface area contributed by atoms with Crippen molar-refractivity contribution in [2.45, 2.75) is 18.9 Å². The number of hydrogen-bond donors (Lipinski definition) is 2. The van der Waals surface area contributed by atoms with E-state index in [0.717, 1.165) is 11.8 Å². The number of benzene rings is 1. The number of hydrogen-bond acceptors (Lipinski definition) is 8. The molecule has 198 valence electrons. The summed E-state index contributed by atoms with van der Waals surface area (Å²) in [5, 5.41) is 8.39. The normalized spacial score (nSPS) is 16.5. The van der Waals surface area contributed by atoms with Crippen LogP contribution in [0.15, 0.2) is 59.3 Å². The standard InChI is InChI=1S/C26H21ClF2N8O2/c1-39-26(38)36-12-14-8-16(6-7-17(14)27)32-24-22(36)23(30)33-25(34-24)37-20-10-15(28)11-31-21(20)19(35-37)9-13-4-2-3-5-18(13)29/h2-7,10-11,16H,8-9,12H2,1H3,(H3,30,32,33,34). The first-order chi connectivity index (χ1) is 18.8. The summed E-state index contributed by atoms with van der Waals surface area (Å²) in [5.74, 6) is -0.783. The number of methoxy groups -OCH3 is 1. The van der Waals surface area contributed by atoms with E-state index in [1.165, 1.54) is 28.8 Å². The number of carbonyl (C=O) groups excluding carboxylic acids is 1. The highest BCUT2D eigenvalue weighted by molar-refractivity contribution is 6.31. The number of ether oxygens (including phenoxy) is 1. The van der Waals surface area contributed by atoms with Gasteiger partial charge in [0, 0.05) is 17.5 Å². The lowest BCUT2D eigenvalue weighted by Gasteiger charge is -2.32. The number of nitrogens with zero attached hydrogens (tertiary/aromatic N) is 6. The fourth-order valence-corrected chi connectivity index (χ4v) is 4.96. The van der Waals surface area contributed by atoms with Crippen LogP contribution in [0.4, 0.5) is 30.9 Å². The number of rotatable bonds is 3. The van der Waals surface area contributed by atoms with Crippen LogP contribution >= 0.6 is 11.6 Å². The van der Waals surface area contributed by atoms with Gasteiger partial charge in [0.1, 0.15) is 22.8 Å². The summed E-state index contributed by atoms with van der Waals surface area (Å²) in [6.45, 7) is 0.126. The zero-order valence-corrected chi connectivity index (χ0v) is 21.3. The van der Waals surface area contributed by atoms with E-state index in [2.05, 4.69) is 25.4 Å². The van der Waals surface area contributed by atoms with E-state index in [4.69, 9.17) is 22.1 Å². The monoisotopic (exact) mass is 550 g/mol. The molecule has 1 aliphatic heterocycles. The lowest BCUT2D eigenvalue weighted by Crippen LogP contribution is -2.38. The minimum absolute atomic E-state index is 0.00918. The number of halogens is 3. The lowest BCUT2D eigenvalue weighted by molar-refractivity contribution is 0.179. The van der Waals surface area contributed by atoms with Gasteiger partial charge in [0.15, 0.2) is 11.6 Å². The zero-order valence-electron chi connectivity index (χ0n) is 20.5. The van der Waals surface area contributed by atoms with Crippen molar-refractivity contribution in [3.8, 4) is 5.95 Å². The van der Waals surface area contributed by atoms with Crippen LogP contribution in [-0.2, 0) is 11.2 Å². The second kappa shape index (κ2) is 9.62. The fourth-order valence-electron chi connectivity index (χ4n) is 4.75. The second-order valence-electron chi connectivity index (χ2n) is 9.08. The van der Waals surface area contributed by atoms with Gasteiger partial charge >= 0.3 is 6.09 Å². The molecule has 0 saturated carbocycles. The summed E-state index contributed by atoms with van der Waals surface area (Å²) >= 11 is 6.38. The van der Waals surface area contributed by atoms with Crippen molar-refractivity contribution in [1.29, 1.82) is 0 Å². The number of nitrogens with one attached hydrogen (secondary N) is 1. The molecule has 13 heteroatoms. The van der Waals surface area contributed by atoms with Gasteiger partial charge in [-0.1, -0.05) is 35.9 Å². The number of anilines is 3. The number of nitrogen functional groups attached to an aromatic ring is 1. The maximum Gasteiger partial charge on any atom is 0.414 e. The predicted molar refractivity (Wildman–Crippen MR) is 142 cm³/mol. The molecule has 2 aliphatic rings. The number of aromatic nitrogens is 5. The molecule has 4 aromatic rings. The van der Waals surface area contributed by atoms with Crippen LogP contribution in [0.1, 0.15) is 17.7 Å². The van der Waals surface area contributed by atoms with Crippen LogP contribution in [0, 0.1) is 11.6 Å². The molecule has 3 aromatic heterocycles. The molecule has 0 saturated heterocycles. The molecule has 1 atom stereocenters. The molecule has 1 unspecified atom stereocenters. The molecule has 39 heavy (non-hydrogen) atoms. The Hall–Kier alpha value is -4.58. The van der Waals surface area contributed by atoms with Crippen LogP contribution in [-0.4, -0.2) is 50.5 Å². The van der Waals surface area contributed by atoms with Gasteiger partial charge < -0.3 is 15.8 Å². The van der Waals surface area contributed by atoms with Crippen molar-refractivity contribution in [3.63, 3.8) is 0 Å². The van der Waals surface area contributed by atoms with Crippen molar-refractivity contribution in [1.82, 2.24) is 24.7 Å². The molecule has 0 fully saturated rings. The smallest absolute Gasteiger partial charge is 0.414 e. The summed E-state index contributed by atoms with van der Waals surface area (Å²) in [7, 11) is 1.26. The van der Waals surface area contributed by atoms with E-state index < -0.39 is 17.7 Å². The highest BCUT2D eigenvalue weighted by Gasteiger charge is 2.32. The Morgan fingerprint density at radius 1 is 1.28 bits per heavy atom. The summed E-state index contributed by atoms with van der Waals surface area (Å²) in [5.41, 5.74) is 8.85. The Bertz CT molecular complexity index is 1700. The number of pyridine rings is 1. The Balaban J connectivity index is 1.51. The summed E-state index contributed by atoms with van der Waals surface area (Å²) in [6.07, 6.45) is 4.66. The molecule has 0 spiro atoms. The van der Waals surface area contributed by atoms with E-state index in [0.29, 0.717) is 28.2 Å². The number of amides is 1.